The zero-order chi connectivity index (χ0) is 47.1. The lowest BCUT2D eigenvalue weighted by Gasteiger charge is -2.28. The van der Waals surface area contributed by atoms with Crippen molar-refractivity contribution in [2.45, 2.75) is 115 Å². The van der Waals surface area contributed by atoms with E-state index in [1.807, 2.05) is 31.0 Å². The Morgan fingerprint density at radius 3 is 1.52 bits per heavy atom. The van der Waals surface area contributed by atoms with Gasteiger partial charge < -0.3 is 45.2 Å². The molecule has 21 heteroatoms. The number of carboxylic acids is 1. The molecule has 2 aromatic carbocycles. The van der Waals surface area contributed by atoms with Gasteiger partial charge in [0.2, 0.25) is 5.91 Å². The van der Waals surface area contributed by atoms with Gasteiger partial charge in [-0.1, -0.05) is 12.1 Å². The Morgan fingerprint density at radius 2 is 1.06 bits per heavy atom. The number of nitrogens with zero attached hydrogens (tertiary/aromatic N) is 3. The minimum Gasteiger partial charge on any atom is -0.480 e. The summed E-state index contributed by atoms with van der Waals surface area (Å²) >= 11 is 0. The van der Waals surface area contributed by atoms with Crippen molar-refractivity contribution in [3.63, 3.8) is 0 Å². The summed E-state index contributed by atoms with van der Waals surface area (Å²) in [6, 6.07) is 8.34. The van der Waals surface area contributed by atoms with Crippen LogP contribution in [0.3, 0.4) is 0 Å². The fourth-order valence-corrected chi connectivity index (χ4v) is 7.55. The predicted octanol–water partition coefficient (Wildman–Crippen LogP) is 5.92. The van der Waals surface area contributed by atoms with Gasteiger partial charge in [0.05, 0.1) is 35.8 Å². The van der Waals surface area contributed by atoms with E-state index in [4.69, 9.17) is 14.6 Å². The van der Waals surface area contributed by atoms with Crippen molar-refractivity contribution >= 4 is 35.9 Å². The molecule has 0 saturated carbocycles. The van der Waals surface area contributed by atoms with Gasteiger partial charge >= 0.3 is 30.5 Å². The molecular weight excluding hydrogens is 846 g/mol. The van der Waals surface area contributed by atoms with Gasteiger partial charge in [-0.05, 0) is 110 Å². The standard InChI is InChI=1S/C21H26F3N3O4.C11H20N2O2.C10H8F3NO3/c1-20(2,3)31-19(30)27-10-8-15-16(27)7-9-26(15)17(28)12-25-18(29)13-5-4-6-14(11-13)21(22,23)24;1-11(2,3)15-10(14)13-7-5-8-9(13)4-6-12-8;11-10(12,13)7-3-1-2-6(4-7)9(17)14-5-8(15)16/h4-6,11,15-16H,7-10,12H2,1-3H3,(H,25,29);8-9,12H,4-7H2,1-3H3;1-4H,5H2,(H,14,17)(H,15,16). The molecule has 4 heterocycles. The van der Waals surface area contributed by atoms with Crippen LogP contribution in [0.4, 0.5) is 35.9 Å². The summed E-state index contributed by atoms with van der Waals surface area (Å²) in [7, 11) is 0. The summed E-state index contributed by atoms with van der Waals surface area (Å²) in [4.78, 5) is 75.8. The number of ether oxygens (including phenoxy) is 2. The lowest BCUT2D eigenvalue weighted by molar-refractivity contribution is -0.138. The maximum atomic E-state index is 12.8. The van der Waals surface area contributed by atoms with Crippen LogP contribution in [0.2, 0.25) is 0 Å². The molecular formula is C42H54F6N6O9. The fraction of sp³-hybridized carbons (Fsp3) is 0.571. The number of hydrogen-bond acceptors (Lipinski definition) is 9. The van der Waals surface area contributed by atoms with Crippen LogP contribution in [0.25, 0.3) is 0 Å². The average Bonchev–Trinajstić information content (AvgIpc) is 3.98. The Morgan fingerprint density at radius 1 is 0.635 bits per heavy atom. The van der Waals surface area contributed by atoms with Crippen LogP contribution in [0.15, 0.2) is 48.5 Å². The molecule has 4 fully saturated rings. The number of carbonyl (C=O) groups is 6. The number of aliphatic carboxylic acids is 1. The number of nitrogens with one attached hydrogen (secondary N) is 3. The molecule has 4 N–H and O–H groups in total. The third-order valence-electron chi connectivity index (χ3n) is 10.2. The van der Waals surface area contributed by atoms with Gasteiger partial charge in [0, 0.05) is 36.8 Å². The normalized spacial score (nSPS) is 20.6. The molecule has 4 aliphatic rings. The maximum Gasteiger partial charge on any atom is 0.416 e. The van der Waals surface area contributed by atoms with Crippen LogP contribution in [0, 0.1) is 0 Å². The first-order valence-electron chi connectivity index (χ1n) is 20.3. The van der Waals surface area contributed by atoms with Crippen molar-refractivity contribution in [2.24, 2.45) is 0 Å². The highest BCUT2D eigenvalue weighted by atomic mass is 19.4. The van der Waals surface area contributed by atoms with Crippen LogP contribution in [0.1, 0.15) is 99.1 Å². The summed E-state index contributed by atoms with van der Waals surface area (Å²) in [6.07, 6.45) is -6.32. The second-order valence-electron chi connectivity index (χ2n) is 17.3. The molecule has 0 aromatic heterocycles. The summed E-state index contributed by atoms with van der Waals surface area (Å²) in [6.45, 7) is 12.9. The van der Waals surface area contributed by atoms with Crippen molar-refractivity contribution in [1.82, 2.24) is 30.7 Å². The topological polar surface area (TPSA) is 187 Å². The zero-order valence-electron chi connectivity index (χ0n) is 35.8. The number of halogens is 6. The lowest BCUT2D eigenvalue weighted by atomic mass is 10.1. The second kappa shape index (κ2) is 20.3. The molecule has 4 atom stereocenters. The van der Waals surface area contributed by atoms with Gasteiger partial charge in [-0.25, -0.2) is 9.59 Å². The van der Waals surface area contributed by atoms with Crippen LogP contribution >= 0.6 is 0 Å². The van der Waals surface area contributed by atoms with E-state index in [9.17, 15) is 55.1 Å². The first-order chi connectivity index (χ1) is 29.1. The smallest absolute Gasteiger partial charge is 0.416 e. The van der Waals surface area contributed by atoms with E-state index in [0.717, 1.165) is 56.3 Å². The van der Waals surface area contributed by atoms with Crippen LogP contribution < -0.4 is 16.0 Å². The molecule has 5 amide bonds. The quantitative estimate of drug-likeness (QED) is 0.254. The number of amides is 5. The molecule has 4 unspecified atom stereocenters. The molecule has 0 bridgehead atoms. The molecule has 0 spiro atoms. The number of benzene rings is 2. The SMILES string of the molecule is CC(C)(C)OC(=O)N1CCC2C1CCN2C(=O)CNC(=O)c1cccc(C(F)(F)F)c1.CC(C)(C)OC(=O)N1CCC2NCCC21.O=C(O)CNC(=O)c1cccc(C(F)(F)F)c1. The van der Waals surface area contributed by atoms with E-state index in [1.165, 1.54) is 12.1 Å². The Hall–Kier alpha value is -5.60. The molecule has 0 aliphatic carbocycles. The minimum absolute atomic E-state index is 0.141. The van der Waals surface area contributed by atoms with E-state index in [-0.39, 0.29) is 47.4 Å². The number of likely N-dealkylation sites (tertiary alicyclic amines) is 3. The van der Waals surface area contributed by atoms with Crippen molar-refractivity contribution in [3.8, 4) is 0 Å². The average molecular weight is 901 g/mol. The van der Waals surface area contributed by atoms with E-state index >= 15 is 0 Å². The van der Waals surface area contributed by atoms with Gasteiger partial charge in [0.15, 0.2) is 0 Å². The van der Waals surface area contributed by atoms with Crippen LogP contribution in [-0.2, 0) is 31.4 Å². The Bertz CT molecular complexity index is 1980. The molecule has 348 valence electrons. The van der Waals surface area contributed by atoms with Crippen LogP contribution in [0.5, 0.6) is 0 Å². The van der Waals surface area contributed by atoms with E-state index in [0.29, 0.717) is 44.1 Å². The third-order valence-corrected chi connectivity index (χ3v) is 10.2. The first kappa shape index (κ1) is 50.0. The van der Waals surface area contributed by atoms with E-state index in [2.05, 4.69) is 10.6 Å². The van der Waals surface area contributed by atoms with Gasteiger partial charge in [-0.15, -0.1) is 0 Å². The van der Waals surface area contributed by atoms with Gasteiger partial charge in [0.25, 0.3) is 11.8 Å². The molecule has 6 rings (SSSR count). The Labute approximate surface area is 360 Å². The number of alkyl halides is 6. The largest absolute Gasteiger partial charge is 0.480 e. The highest BCUT2D eigenvalue weighted by molar-refractivity contribution is 5.97. The number of carbonyl (C=O) groups excluding carboxylic acids is 5. The number of hydrogen-bond donors (Lipinski definition) is 4. The molecule has 0 radical (unpaired) electrons. The lowest BCUT2D eigenvalue weighted by Crippen LogP contribution is -2.45. The number of carboxylic acid groups (broad SMARTS) is 1. The number of rotatable bonds is 6. The zero-order valence-corrected chi connectivity index (χ0v) is 35.8. The van der Waals surface area contributed by atoms with Gasteiger partial charge in [0.1, 0.15) is 17.7 Å². The van der Waals surface area contributed by atoms with Crippen molar-refractivity contribution in [2.75, 3.05) is 39.3 Å². The third kappa shape index (κ3) is 14.5. The van der Waals surface area contributed by atoms with E-state index < -0.39 is 59.5 Å². The second-order valence-corrected chi connectivity index (χ2v) is 17.3. The maximum absolute atomic E-state index is 12.8. The summed E-state index contributed by atoms with van der Waals surface area (Å²) in [5.41, 5.74) is -3.29. The van der Waals surface area contributed by atoms with Crippen molar-refractivity contribution < 1.29 is 69.7 Å². The highest BCUT2D eigenvalue weighted by Crippen LogP contribution is 2.34. The summed E-state index contributed by atoms with van der Waals surface area (Å²) in [5.74, 6) is -3.22. The Balaban J connectivity index is 0.000000229. The van der Waals surface area contributed by atoms with Crippen molar-refractivity contribution in [3.05, 3.63) is 70.8 Å². The predicted molar refractivity (Wildman–Crippen MR) is 214 cm³/mol. The fourth-order valence-electron chi connectivity index (χ4n) is 7.55. The molecule has 4 aliphatic heterocycles. The minimum atomic E-state index is -4.56. The number of fused-ring (bicyclic) bond motifs is 2. The first-order valence-corrected chi connectivity index (χ1v) is 20.3. The summed E-state index contributed by atoms with van der Waals surface area (Å²) in [5, 5.41) is 16.1. The van der Waals surface area contributed by atoms with Gasteiger partial charge in [-0.3, -0.25) is 19.2 Å². The molecule has 2 aromatic rings. The van der Waals surface area contributed by atoms with Gasteiger partial charge in [-0.2, -0.15) is 26.3 Å². The molecule has 4 saturated heterocycles. The Kier molecular flexibility index (Phi) is 16.1. The highest BCUT2D eigenvalue weighted by Gasteiger charge is 2.47. The van der Waals surface area contributed by atoms with Crippen molar-refractivity contribution in [1.29, 1.82) is 0 Å². The molecule has 15 nitrogen and oxygen atoms in total. The molecule has 63 heavy (non-hydrogen) atoms. The van der Waals surface area contributed by atoms with Crippen LogP contribution in [-0.4, -0.2) is 130 Å². The monoisotopic (exact) mass is 900 g/mol. The van der Waals surface area contributed by atoms with E-state index in [1.54, 1.807) is 30.6 Å². The summed E-state index contributed by atoms with van der Waals surface area (Å²) < 4.78 is 86.3.